The van der Waals surface area contributed by atoms with Gasteiger partial charge in [0.2, 0.25) is 11.8 Å². The van der Waals surface area contributed by atoms with E-state index in [-0.39, 0.29) is 24.7 Å². The molecule has 0 unspecified atom stereocenters. The molecule has 0 aliphatic rings. The molecule has 2 aromatic heterocycles. The molecule has 0 atom stereocenters. The number of hydrogen-bond donors (Lipinski definition) is 2. The third-order valence-corrected chi connectivity index (χ3v) is 4.99. The highest BCUT2D eigenvalue weighted by molar-refractivity contribution is 7.12. The highest BCUT2D eigenvalue weighted by Crippen LogP contribution is 2.10. The number of rotatable bonds is 7. The molecule has 2 aromatic rings. The summed E-state index contributed by atoms with van der Waals surface area (Å²) >= 11 is 3.10. The van der Waals surface area contributed by atoms with Crippen molar-refractivity contribution in [1.82, 2.24) is 10.9 Å². The second kappa shape index (κ2) is 9.09. The van der Waals surface area contributed by atoms with Crippen LogP contribution in [0.25, 0.3) is 0 Å². The van der Waals surface area contributed by atoms with E-state index in [2.05, 4.69) is 21.1 Å². The Bertz CT molecular complexity index is 670. The average Bonchev–Trinajstić information content (AvgIpc) is 3.28. The molecule has 2 rings (SSSR count). The van der Waals surface area contributed by atoms with Gasteiger partial charge in [0.15, 0.2) is 0 Å². The molecule has 24 heavy (non-hydrogen) atoms. The van der Waals surface area contributed by atoms with Crippen LogP contribution >= 0.6 is 22.7 Å². The van der Waals surface area contributed by atoms with Crippen LogP contribution in [0.4, 0.5) is 0 Å². The summed E-state index contributed by atoms with van der Waals surface area (Å²) < 4.78 is 0. The summed E-state index contributed by atoms with van der Waals surface area (Å²) in [5, 5.41) is 11.9. The van der Waals surface area contributed by atoms with Crippen molar-refractivity contribution in [3.63, 3.8) is 0 Å². The summed E-state index contributed by atoms with van der Waals surface area (Å²) in [5.41, 5.74) is 6.38. The van der Waals surface area contributed by atoms with Gasteiger partial charge in [0.1, 0.15) is 0 Å². The number of amides is 2. The van der Waals surface area contributed by atoms with Crippen LogP contribution in [0.5, 0.6) is 0 Å². The molecule has 2 heterocycles. The first kappa shape index (κ1) is 18.0. The third kappa shape index (κ3) is 5.71. The normalized spacial score (nSPS) is 12.1. The zero-order chi connectivity index (χ0) is 17.4. The molecule has 0 radical (unpaired) electrons. The lowest BCUT2D eigenvalue weighted by Gasteiger charge is -2.02. The molecule has 6 nitrogen and oxygen atoms in total. The molecule has 0 saturated heterocycles. The van der Waals surface area contributed by atoms with Crippen LogP contribution in [-0.4, -0.2) is 23.2 Å². The Balaban J connectivity index is 1.72. The number of carbonyl (C=O) groups excluding carboxylic acids is 2. The van der Waals surface area contributed by atoms with E-state index < -0.39 is 0 Å². The number of hydrogen-bond acceptors (Lipinski definition) is 6. The molecule has 0 aliphatic carbocycles. The molecule has 0 aromatic carbocycles. The third-order valence-electron chi connectivity index (χ3n) is 3.03. The minimum Gasteiger partial charge on any atom is -0.273 e. The number of carbonyl (C=O) groups is 2. The highest BCUT2D eigenvalue weighted by atomic mass is 32.1. The van der Waals surface area contributed by atoms with E-state index in [4.69, 9.17) is 0 Å². The van der Waals surface area contributed by atoms with Crippen LogP contribution < -0.4 is 10.9 Å². The maximum Gasteiger partial charge on any atom is 0.240 e. The molecular formula is C16H18N4O2S2. The molecule has 126 valence electrons. The van der Waals surface area contributed by atoms with Crippen LogP contribution in [0.3, 0.4) is 0 Å². The van der Waals surface area contributed by atoms with E-state index in [9.17, 15) is 9.59 Å². The monoisotopic (exact) mass is 362 g/mol. The molecule has 2 N–H and O–H groups in total. The first-order valence-electron chi connectivity index (χ1n) is 7.30. The Morgan fingerprint density at radius 2 is 1.29 bits per heavy atom. The highest BCUT2D eigenvalue weighted by Gasteiger charge is 2.07. The molecule has 0 bridgehead atoms. The maximum absolute atomic E-state index is 11.7. The summed E-state index contributed by atoms with van der Waals surface area (Å²) in [6.07, 6.45) is 0.112. The van der Waals surface area contributed by atoms with Crippen LogP contribution in [0.15, 0.2) is 45.2 Å². The largest absolute Gasteiger partial charge is 0.273 e. The predicted molar refractivity (Wildman–Crippen MR) is 98.6 cm³/mol. The van der Waals surface area contributed by atoms with Gasteiger partial charge in [0.05, 0.1) is 11.4 Å². The Labute approximate surface area is 148 Å². The second-order valence-electron chi connectivity index (χ2n) is 4.92. The smallest absolute Gasteiger partial charge is 0.240 e. The Morgan fingerprint density at radius 3 is 1.62 bits per heavy atom. The lowest BCUT2D eigenvalue weighted by atomic mass is 10.3. The fourth-order valence-electron chi connectivity index (χ4n) is 1.71. The Morgan fingerprint density at radius 1 is 0.875 bits per heavy atom. The van der Waals surface area contributed by atoms with Gasteiger partial charge in [-0.15, -0.1) is 22.7 Å². The van der Waals surface area contributed by atoms with Crippen molar-refractivity contribution in [2.75, 3.05) is 0 Å². The van der Waals surface area contributed by atoms with Crippen molar-refractivity contribution in [1.29, 1.82) is 0 Å². The fraction of sp³-hybridized carbons (Fsp3) is 0.250. The fourth-order valence-corrected chi connectivity index (χ4v) is 3.06. The predicted octanol–water partition coefficient (Wildman–Crippen LogP) is 2.97. The summed E-state index contributed by atoms with van der Waals surface area (Å²) in [5.74, 6) is -0.611. The lowest BCUT2D eigenvalue weighted by molar-refractivity contribution is -0.126. The number of hydrazone groups is 2. The summed E-state index contributed by atoms with van der Waals surface area (Å²) in [4.78, 5) is 25.4. The van der Waals surface area contributed by atoms with E-state index in [1.54, 1.807) is 22.7 Å². The van der Waals surface area contributed by atoms with Gasteiger partial charge in [-0.1, -0.05) is 12.1 Å². The molecule has 0 fully saturated rings. The number of nitrogens with one attached hydrogen (secondary N) is 2. The van der Waals surface area contributed by atoms with Crippen molar-refractivity contribution in [2.45, 2.75) is 26.7 Å². The van der Waals surface area contributed by atoms with Crippen LogP contribution in [-0.2, 0) is 9.59 Å². The number of thiophene rings is 2. The lowest BCUT2D eigenvalue weighted by Crippen LogP contribution is -2.24. The SMILES string of the molecule is C/C(=N/NC(=O)CCC(=O)N/N=C(/C)c1cccs1)c1cccs1. The molecule has 0 aliphatic heterocycles. The van der Waals surface area contributed by atoms with E-state index in [1.165, 1.54) is 0 Å². The van der Waals surface area contributed by atoms with Crippen molar-refractivity contribution >= 4 is 45.9 Å². The topological polar surface area (TPSA) is 82.9 Å². The van der Waals surface area contributed by atoms with Gasteiger partial charge in [-0.05, 0) is 36.7 Å². The Hall–Kier alpha value is -2.32. The van der Waals surface area contributed by atoms with Crippen LogP contribution in [0.2, 0.25) is 0 Å². The summed E-state index contributed by atoms with van der Waals surface area (Å²) in [6.45, 7) is 3.64. The van der Waals surface area contributed by atoms with Crippen LogP contribution in [0, 0.1) is 0 Å². The van der Waals surface area contributed by atoms with Gasteiger partial charge in [0, 0.05) is 22.6 Å². The van der Waals surface area contributed by atoms with E-state index in [0.717, 1.165) is 21.2 Å². The van der Waals surface area contributed by atoms with Gasteiger partial charge in [-0.25, -0.2) is 10.9 Å². The van der Waals surface area contributed by atoms with Gasteiger partial charge in [-0.3, -0.25) is 9.59 Å². The van der Waals surface area contributed by atoms with Gasteiger partial charge in [0.25, 0.3) is 0 Å². The minimum atomic E-state index is -0.306. The second-order valence-corrected chi connectivity index (χ2v) is 6.81. The average molecular weight is 362 g/mol. The van der Waals surface area contributed by atoms with Gasteiger partial charge < -0.3 is 0 Å². The first-order valence-corrected chi connectivity index (χ1v) is 9.06. The quantitative estimate of drug-likeness (QED) is 0.586. The molecule has 2 amide bonds. The first-order chi connectivity index (χ1) is 11.6. The molecule has 0 saturated carbocycles. The van der Waals surface area contributed by atoms with Crippen molar-refractivity contribution in [3.05, 3.63) is 44.8 Å². The zero-order valence-corrected chi connectivity index (χ0v) is 15.0. The van der Waals surface area contributed by atoms with E-state index in [1.807, 2.05) is 48.9 Å². The van der Waals surface area contributed by atoms with E-state index in [0.29, 0.717) is 0 Å². The van der Waals surface area contributed by atoms with Gasteiger partial charge in [-0.2, -0.15) is 10.2 Å². The van der Waals surface area contributed by atoms with Crippen molar-refractivity contribution < 1.29 is 9.59 Å². The standard InChI is InChI=1S/C16H18N4O2S2/c1-11(13-5-3-9-23-13)17-19-15(21)7-8-16(22)20-18-12(2)14-6-4-10-24-14/h3-6,9-10H,7-8H2,1-2H3,(H,19,21)(H,20,22)/b17-11-,18-12-. The Kier molecular flexibility index (Phi) is 6.83. The zero-order valence-electron chi connectivity index (χ0n) is 13.4. The van der Waals surface area contributed by atoms with E-state index >= 15 is 0 Å². The van der Waals surface area contributed by atoms with Crippen LogP contribution in [0.1, 0.15) is 36.4 Å². The van der Waals surface area contributed by atoms with Crippen molar-refractivity contribution in [2.24, 2.45) is 10.2 Å². The minimum absolute atomic E-state index is 0.0562. The van der Waals surface area contributed by atoms with Crippen molar-refractivity contribution in [3.8, 4) is 0 Å². The summed E-state index contributed by atoms with van der Waals surface area (Å²) in [6, 6.07) is 7.70. The molecule has 0 spiro atoms. The number of nitrogens with zero attached hydrogens (tertiary/aromatic N) is 2. The molecule has 8 heteroatoms. The summed E-state index contributed by atoms with van der Waals surface area (Å²) in [7, 11) is 0. The maximum atomic E-state index is 11.7. The van der Waals surface area contributed by atoms with Gasteiger partial charge >= 0.3 is 0 Å². The molecular weight excluding hydrogens is 344 g/mol.